The van der Waals surface area contributed by atoms with Crippen molar-refractivity contribution in [2.75, 3.05) is 10.6 Å². The van der Waals surface area contributed by atoms with Crippen molar-refractivity contribution in [2.24, 2.45) is 0 Å². The van der Waals surface area contributed by atoms with Crippen LogP contribution in [-0.4, -0.2) is 31.6 Å². The summed E-state index contributed by atoms with van der Waals surface area (Å²) in [5.74, 6) is -0.486. The normalized spacial score (nSPS) is 17.2. The Bertz CT molecular complexity index is 1450. The fourth-order valence-electron chi connectivity index (χ4n) is 4.59. The summed E-state index contributed by atoms with van der Waals surface area (Å²) in [6, 6.07) is 15.2. The molecule has 2 aromatic heterocycles. The van der Waals surface area contributed by atoms with Crippen LogP contribution in [0.3, 0.4) is 0 Å². The van der Waals surface area contributed by atoms with E-state index in [9.17, 15) is 18.0 Å². The van der Waals surface area contributed by atoms with Crippen LogP contribution >= 0.6 is 11.6 Å². The zero-order valence-electron chi connectivity index (χ0n) is 20.1. The number of carbonyl (C=O) groups excluding carboxylic acids is 1. The minimum Gasteiger partial charge on any atom is -0.363 e. The van der Waals surface area contributed by atoms with Gasteiger partial charge in [-0.05, 0) is 31.0 Å². The van der Waals surface area contributed by atoms with Crippen LogP contribution in [0.2, 0.25) is 5.02 Å². The van der Waals surface area contributed by atoms with Gasteiger partial charge in [0.05, 0.1) is 29.7 Å². The molecule has 2 atom stereocenters. The van der Waals surface area contributed by atoms with Crippen molar-refractivity contribution >= 4 is 29.0 Å². The highest BCUT2D eigenvalue weighted by molar-refractivity contribution is 6.31. The molecular formula is C26H24ClF3N6O. The number of hydrogen-bond acceptors (Lipinski definition) is 4. The highest BCUT2D eigenvalue weighted by atomic mass is 35.5. The molecule has 11 heteroatoms. The first kappa shape index (κ1) is 24.9. The van der Waals surface area contributed by atoms with E-state index in [4.69, 9.17) is 11.6 Å². The molecule has 0 spiro atoms. The Morgan fingerprint density at radius 1 is 1.11 bits per heavy atom. The zero-order chi connectivity index (χ0) is 26.3. The first-order chi connectivity index (χ1) is 17.6. The standard InChI is InChI=1S/C26H24ClF3N6O/c1-15-24(16(2)35(33-15)14-18-10-6-7-11-19(18)27)32-25(37)21-13-23-31-20(17-8-4-3-5-9-17)12-22(26(28,29)30)36(23)34-21/h3-11,13,20,22,31H,12,14H2,1-2H3,(H,32,37)/t20-,22-/m1/s1. The topological polar surface area (TPSA) is 76.8 Å². The van der Waals surface area contributed by atoms with E-state index in [-0.39, 0.29) is 17.9 Å². The van der Waals surface area contributed by atoms with Crippen LogP contribution in [0.25, 0.3) is 0 Å². The summed E-state index contributed by atoms with van der Waals surface area (Å²) < 4.78 is 44.5. The molecule has 4 aromatic rings. The maximum Gasteiger partial charge on any atom is 0.410 e. The van der Waals surface area contributed by atoms with Gasteiger partial charge in [-0.15, -0.1) is 0 Å². The van der Waals surface area contributed by atoms with Crippen LogP contribution in [0.15, 0.2) is 60.7 Å². The summed E-state index contributed by atoms with van der Waals surface area (Å²) in [7, 11) is 0. The van der Waals surface area contributed by atoms with Crippen LogP contribution in [0.1, 0.15) is 51.5 Å². The summed E-state index contributed by atoms with van der Waals surface area (Å²) in [6.07, 6.45) is -4.77. The first-order valence-electron chi connectivity index (χ1n) is 11.7. The second-order valence-electron chi connectivity index (χ2n) is 9.01. The Balaban J connectivity index is 1.40. The van der Waals surface area contributed by atoms with E-state index in [0.717, 1.165) is 15.8 Å². The molecule has 3 heterocycles. The number of rotatable bonds is 5. The molecule has 0 saturated heterocycles. The fourth-order valence-corrected chi connectivity index (χ4v) is 4.78. The van der Waals surface area contributed by atoms with Gasteiger partial charge in [0.2, 0.25) is 0 Å². The van der Waals surface area contributed by atoms with Gasteiger partial charge in [-0.1, -0.05) is 60.1 Å². The lowest BCUT2D eigenvalue weighted by Crippen LogP contribution is -2.35. The molecule has 0 unspecified atom stereocenters. The number of fused-ring (bicyclic) bond motifs is 1. The molecule has 2 aromatic carbocycles. The van der Waals surface area contributed by atoms with E-state index in [1.54, 1.807) is 54.9 Å². The monoisotopic (exact) mass is 528 g/mol. The van der Waals surface area contributed by atoms with Gasteiger partial charge >= 0.3 is 6.18 Å². The third-order valence-electron chi connectivity index (χ3n) is 6.52. The average molecular weight is 529 g/mol. The third kappa shape index (κ3) is 4.93. The molecule has 0 bridgehead atoms. The van der Waals surface area contributed by atoms with Crippen LogP contribution in [0, 0.1) is 13.8 Å². The Labute approximate surface area is 216 Å². The highest BCUT2D eigenvalue weighted by Crippen LogP contribution is 2.43. The Morgan fingerprint density at radius 2 is 1.81 bits per heavy atom. The number of anilines is 2. The molecule has 0 aliphatic carbocycles. The molecule has 1 aliphatic rings. The summed E-state index contributed by atoms with van der Waals surface area (Å²) in [4.78, 5) is 13.1. The molecule has 0 saturated carbocycles. The molecule has 2 N–H and O–H groups in total. The second-order valence-corrected chi connectivity index (χ2v) is 9.42. The largest absolute Gasteiger partial charge is 0.410 e. The van der Waals surface area contributed by atoms with Gasteiger partial charge in [-0.25, -0.2) is 4.68 Å². The minimum absolute atomic E-state index is 0.122. The molecule has 5 rings (SSSR count). The van der Waals surface area contributed by atoms with Crippen molar-refractivity contribution in [1.82, 2.24) is 19.6 Å². The van der Waals surface area contributed by atoms with Gasteiger partial charge in [0.15, 0.2) is 11.7 Å². The van der Waals surface area contributed by atoms with Crippen molar-refractivity contribution in [1.29, 1.82) is 0 Å². The number of aromatic nitrogens is 4. The first-order valence-corrected chi connectivity index (χ1v) is 12.1. The lowest BCUT2D eigenvalue weighted by Gasteiger charge is -2.33. The summed E-state index contributed by atoms with van der Waals surface area (Å²) in [6.45, 7) is 3.95. The molecule has 7 nitrogen and oxygen atoms in total. The van der Waals surface area contributed by atoms with Gasteiger partial charge in [0.1, 0.15) is 5.82 Å². The number of alkyl halides is 3. The number of nitrogens with one attached hydrogen (secondary N) is 2. The quantitative estimate of drug-likeness (QED) is 0.318. The smallest absolute Gasteiger partial charge is 0.363 e. The van der Waals surface area contributed by atoms with Crippen LogP contribution in [0.4, 0.5) is 24.7 Å². The maximum absolute atomic E-state index is 14.0. The van der Waals surface area contributed by atoms with Crippen LogP contribution < -0.4 is 10.6 Å². The Hall–Kier alpha value is -3.79. The van der Waals surface area contributed by atoms with Crippen molar-refractivity contribution < 1.29 is 18.0 Å². The van der Waals surface area contributed by atoms with Gasteiger partial charge < -0.3 is 10.6 Å². The molecule has 0 radical (unpaired) electrons. The van der Waals surface area contributed by atoms with E-state index in [1.807, 2.05) is 18.2 Å². The van der Waals surface area contributed by atoms with Crippen molar-refractivity contribution in [2.45, 2.75) is 45.1 Å². The number of hydrogen-bond donors (Lipinski definition) is 2. The van der Waals surface area contributed by atoms with Crippen LogP contribution in [0.5, 0.6) is 0 Å². The molecule has 1 aliphatic heterocycles. The summed E-state index contributed by atoms with van der Waals surface area (Å²) in [5.41, 5.74) is 3.20. The van der Waals surface area contributed by atoms with Gasteiger partial charge in [0, 0.05) is 17.5 Å². The van der Waals surface area contributed by atoms with E-state index in [0.29, 0.717) is 28.6 Å². The summed E-state index contributed by atoms with van der Waals surface area (Å²) in [5, 5.41) is 15.0. The second kappa shape index (κ2) is 9.59. The Morgan fingerprint density at radius 3 is 2.51 bits per heavy atom. The number of aryl methyl sites for hydroxylation is 1. The van der Waals surface area contributed by atoms with Crippen LogP contribution in [-0.2, 0) is 6.54 Å². The van der Waals surface area contributed by atoms with Crippen molar-refractivity contribution in [3.05, 3.63) is 93.9 Å². The van der Waals surface area contributed by atoms with Gasteiger partial charge in [-0.2, -0.15) is 23.4 Å². The predicted molar refractivity (Wildman–Crippen MR) is 135 cm³/mol. The zero-order valence-corrected chi connectivity index (χ0v) is 20.8. The predicted octanol–water partition coefficient (Wildman–Crippen LogP) is 6.31. The van der Waals surface area contributed by atoms with E-state index >= 15 is 0 Å². The highest BCUT2D eigenvalue weighted by Gasteiger charge is 2.46. The fraction of sp³-hybridized carbons (Fsp3) is 0.269. The maximum atomic E-state index is 14.0. The number of benzene rings is 2. The molecule has 1 amide bonds. The Kier molecular flexibility index (Phi) is 6.45. The number of halogens is 4. The van der Waals surface area contributed by atoms with Crippen molar-refractivity contribution in [3.63, 3.8) is 0 Å². The van der Waals surface area contributed by atoms with Gasteiger partial charge in [-0.3, -0.25) is 9.48 Å². The third-order valence-corrected chi connectivity index (χ3v) is 6.89. The van der Waals surface area contributed by atoms with E-state index in [1.165, 1.54) is 6.07 Å². The van der Waals surface area contributed by atoms with Crippen molar-refractivity contribution in [3.8, 4) is 0 Å². The lowest BCUT2D eigenvalue weighted by atomic mass is 9.97. The average Bonchev–Trinajstić information content (AvgIpc) is 3.41. The van der Waals surface area contributed by atoms with Gasteiger partial charge in [0.25, 0.3) is 5.91 Å². The molecular weight excluding hydrogens is 505 g/mol. The number of amides is 1. The molecule has 0 fully saturated rings. The minimum atomic E-state index is -4.53. The lowest BCUT2D eigenvalue weighted by molar-refractivity contribution is -0.173. The van der Waals surface area contributed by atoms with E-state index < -0.39 is 24.2 Å². The number of nitrogens with zero attached hydrogens (tertiary/aromatic N) is 4. The SMILES string of the molecule is Cc1nn(Cc2ccccc2Cl)c(C)c1NC(=O)c1cc2n(n1)[C@@H](C(F)(F)F)C[C@H](c1ccccc1)N2. The molecule has 37 heavy (non-hydrogen) atoms. The molecule has 192 valence electrons. The summed E-state index contributed by atoms with van der Waals surface area (Å²) >= 11 is 6.27. The van der Waals surface area contributed by atoms with E-state index in [2.05, 4.69) is 20.8 Å². The number of carbonyl (C=O) groups is 1.